The van der Waals surface area contributed by atoms with Gasteiger partial charge in [0.1, 0.15) is 12.7 Å². The van der Waals surface area contributed by atoms with Gasteiger partial charge in [-0.2, -0.15) is 0 Å². The minimum atomic E-state index is -0.680. The van der Waals surface area contributed by atoms with Crippen molar-refractivity contribution in [1.29, 1.82) is 0 Å². The van der Waals surface area contributed by atoms with Crippen molar-refractivity contribution < 1.29 is 19.4 Å². The predicted molar refractivity (Wildman–Crippen MR) is 125 cm³/mol. The van der Waals surface area contributed by atoms with E-state index in [1.165, 1.54) is 0 Å². The van der Waals surface area contributed by atoms with Crippen molar-refractivity contribution in [3.05, 3.63) is 52.5 Å². The highest BCUT2D eigenvalue weighted by Crippen LogP contribution is 2.34. The lowest BCUT2D eigenvalue weighted by molar-refractivity contribution is -0.117. The Bertz CT molecular complexity index is 942. The molecule has 7 nitrogen and oxygen atoms in total. The Balaban J connectivity index is 1.22. The van der Waals surface area contributed by atoms with E-state index in [4.69, 9.17) is 21.1 Å². The number of carbonyl (C=O) groups excluding carboxylic acids is 1. The molecule has 0 saturated carbocycles. The van der Waals surface area contributed by atoms with Crippen LogP contribution in [-0.2, 0) is 4.79 Å². The molecule has 2 unspecified atom stereocenters. The van der Waals surface area contributed by atoms with E-state index in [0.717, 1.165) is 43.0 Å². The number of anilines is 1. The number of fused-ring (bicyclic) bond motifs is 1. The quantitative estimate of drug-likeness (QED) is 0.692. The van der Waals surface area contributed by atoms with Gasteiger partial charge >= 0.3 is 0 Å². The van der Waals surface area contributed by atoms with Crippen LogP contribution < -0.4 is 14.8 Å². The molecule has 1 saturated heterocycles. The number of benzene rings is 2. The maximum Gasteiger partial charge on any atom is 0.238 e. The number of hydrogen-bond acceptors (Lipinski definition) is 6. The molecule has 2 atom stereocenters. The molecular formula is C24H30ClN3O4. The molecule has 0 aliphatic carbocycles. The molecule has 2 heterocycles. The number of rotatable bonds is 6. The fourth-order valence-corrected chi connectivity index (χ4v) is 4.32. The van der Waals surface area contributed by atoms with Gasteiger partial charge in [-0.3, -0.25) is 14.6 Å². The van der Waals surface area contributed by atoms with E-state index in [0.29, 0.717) is 36.2 Å². The van der Waals surface area contributed by atoms with Crippen LogP contribution in [0.1, 0.15) is 11.1 Å². The van der Waals surface area contributed by atoms with Gasteiger partial charge in [0.05, 0.1) is 6.54 Å². The monoisotopic (exact) mass is 459 g/mol. The summed E-state index contributed by atoms with van der Waals surface area (Å²) in [4.78, 5) is 16.9. The molecule has 0 radical (unpaired) electrons. The van der Waals surface area contributed by atoms with Crippen LogP contribution in [0.3, 0.4) is 0 Å². The summed E-state index contributed by atoms with van der Waals surface area (Å²) in [5.74, 6) is 1.21. The summed E-state index contributed by atoms with van der Waals surface area (Å²) in [5.41, 5.74) is 3.03. The van der Waals surface area contributed by atoms with Crippen molar-refractivity contribution in [2.24, 2.45) is 0 Å². The average Bonchev–Trinajstić information content (AvgIpc) is 2.77. The predicted octanol–water partition coefficient (Wildman–Crippen LogP) is 2.71. The molecule has 2 aromatic carbocycles. The topological polar surface area (TPSA) is 74.3 Å². The first-order valence-electron chi connectivity index (χ1n) is 11.0. The lowest BCUT2D eigenvalue weighted by atomic mass is 10.1. The van der Waals surface area contributed by atoms with Crippen LogP contribution in [0.25, 0.3) is 0 Å². The third-order valence-electron chi connectivity index (χ3n) is 6.04. The summed E-state index contributed by atoms with van der Waals surface area (Å²) in [6.07, 6.45) is -1.12. The van der Waals surface area contributed by atoms with Gasteiger partial charge in [0.15, 0.2) is 17.6 Å². The number of nitrogens with zero attached hydrogens (tertiary/aromatic N) is 2. The number of aliphatic hydroxyl groups excluding tert-OH is 1. The van der Waals surface area contributed by atoms with E-state index in [2.05, 4.69) is 15.1 Å². The Morgan fingerprint density at radius 2 is 1.81 bits per heavy atom. The van der Waals surface area contributed by atoms with Crippen molar-refractivity contribution in [2.45, 2.75) is 26.1 Å². The van der Waals surface area contributed by atoms with E-state index in [9.17, 15) is 9.90 Å². The van der Waals surface area contributed by atoms with Crippen molar-refractivity contribution >= 4 is 23.2 Å². The Morgan fingerprint density at radius 1 is 1.12 bits per heavy atom. The van der Waals surface area contributed by atoms with Crippen molar-refractivity contribution in [3.63, 3.8) is 0 Å². The van der Waals surface area contributed by atoms with Crippen molar-refractivity contribution in [3.8, 4) is 11.5 Å². The molecule has 2 aromatic rings. The van der Waals surface area contributed by atoms with Crippen LogP contribution in [0.15, 0.2) is 36.4 Å². The van der Waals surface area contributed by atoms with Crippen molar-refractivity contribution in [2.75, 3.05) is 51.2 Å². The second-order valence-corrected chi connectivity index (χ2v) is 8.95. The first-order valence-corrected chi connectivity index (χ1v) is 11.3. The molecular weight excluding hydrogens is 430 g/mol. The number of amides is 1. The van der Waals surface area contributed by atoms with Crippen LogP contribution in [-0.4, -0.2) is 78.9 Å². The molecule has 172 valence electrons. The second-order valence-electron chi connectivity index (χ2n) is 8.52. The van der Waals surface area contributed by atoms with E-state index in [1.807, 2.05) is 32.0 Å². The number of β-amino-alcohol motifs (C(OH)–C–C–N with tert-alkyl or cyclic N) is 1. The van der Waals surface area contributed by atoms with Gasteiger partial charge in [-0.15, -0.1) is 0 Å². The number of aryl methyl sites for hydroxylation is 2. The number of ether oxygens (including phenoxy) is 2. The minimum absolute atomic E-state index is 0.000894. The normalized spacial score (nSPS) is 20.1. The van der Waals surface area contributed by atoms with Gasteiger partial charge in [0.2, 0.25) is 5.91 Å². The van der Waals surface area contributed by atoms with Gasteiger partial charge in [0, 0.05) is 49.5 Å². The first kappa shape index (κ1) is 22.9. The number of piperazine rings is 1. The van der Waals surface area contributed by atoms with E-state index >= 15 is 0 Å². The maximum atomic E-state index is 12.5. The highest BCUT2D eigenvalue weighted by molar-refractivity contribution is 6.30. The zero-order valence-electron chi connectivity index (χ0n) is 18.5. The molecule has 0 bridgehead atoms. The van der Waals surface area contributed by atoms with Crippen LogP contribution in [0.4, 0.5) is 5.69 Å². The summed E-state index contributed by atoms with van der Waals surface area (Å²) in [5, 5.41) is 14.3. The highest BCUT2D eigenvalue weighted by Gasteiger charge is 2.30. The molecule has 1 amide bonds. The number of carbonyl (C=O) groups is 1. The van der Waals surface area contributed by atoms with Crippen LogP contribution in [0, 0.1) is 13.8 Å². The fraction of sp³-hybridized carbons (Fsp3) is 0.458. The Labute approximate surface area is 193 Å². The molecule has 2 N–H and O–H groups in total. The SMILES string of the molecule is Cc1cccc(C)c1NC(=O)CN1CCN(CC(O)C2COc3ccc(Cl)cc3O2)CC1. The molecule has 4 rings (SSSR count). The lowest BCUT2D eigenvalue weighted by Crippen LogP contribution is -2.53. The van der Waals surface area contributed by atoms with Gasteiger partial charge in [-0.05, 0) is 37.1 Å². The Morgan fingerprint density at radius 3 is 2.53 bits per heavy atom. The summed E-state index contributed by atoms with van der Waals surface area (Å²) < 4.78 is 11.6. The van der Waals surface area contributed by atoms with E-state index in [-0.39, 0.29) is 5.91 Å². The molecule has 2 aliphatic heterocycles. The third kappa shape index (κ3) is 5.53. The summed E-state index contributed by atoms with van der Waals surface area (Å²) in [7, 11) is 0. The molecule has 32 heavy (non-hydrogen) atoms. The third-order valence-corrected chi connectivity index (χ3v) is 6.27. The fourth-order valence-electron chi connectivity index (χ4n) is 4.16. The Kier molecular flexibility index (Phi) is 7.20. The minimum Gasteiger partial charge on any atom is -0.486 e. The molecule has 0 spiro atoms. The number of halogens is 1. The Hall–Kier alpha value is -2.32. The zero-order valence-corrected chi connectivity index (χ0v) is 19.3. The van der Waals surface area contributed by atoms with Crippen molar-refractivity contribution in [1.82, 2.24) is 9.80 Å². The van der Waals surface area contributed by atoms with Gasteiger partial charge in [-0.25, -0.2) is 0 Å². The molecule has 1 fully saturated rings. The molecule has 2 aliphatic rings. The van der Waals surface area contributed by atoms with Crippen LogP contribution >= 0.6 is 11.6 Å². The molecule has 0 aromatic heterocycles. The maximum absolute atomic E-state index is 12.5. The standard InChI is InChI=1S/C24H30ClN3O4/c1-16-4-3-5-17(2)24(16)26-23(30)14-28-10-8-27(9-11-28)13-19(29)22-15-31-20-7-6-18(25)12-21(20)32-22/h3-7,12,19,22,29H,8-11,13-15H2,1-2H3,(H,26,30). The van der Waals surface area contributed by atoms with Gasteiger partial charge < -0.3 is 19.9 Å². The largest absolute Gasteiger partial charge is 0.486 e. The van der Waals surface area contributed by atoms with Gasteiger partial charge in [0.25, 0.3) is 0 Å². The lowest BCUT2D eigenvalue weighted by Gasteiger charge is -2.37. The summed E-state index contributed by atoms with van der Waals surface area (Å²) >= 11 is 6.03. The summed E-state index contributed by atoms with van der Waals surface area (Å²) in [6.45, 7) is 8.26. The van der Waals surface area contributed by atoms with Gasteiger partial charge in [-0.1, -0.05) is 29.8 Å². The van der Waals surface area contributed by atoms with E-state index < -0.39 is 12.2 Å². The zero-order chi connectivity index (χ0) is 22.7. The number of nitrogens with one attached hydrogen (secondary N) is 1. The second kappa shape index (κ2) is 10.1. The molecule has 8 heteroatoms. The average molecular weight is 460 g/mol. The van der Waals surface area contributed by atoms with Crippen LogP contribution in [0.5, 0.6) is 11.5 Å². The number of hydrogen-bond donors (Lipinski definition) is 2. The number of para-hydroxylation sites is 1. The summed E-state index contributed by atoms with van der Waals surface area (Å²) in [6, 6.07) is 11.2. The number of aliphatic hydroxyl groups is 1. The highest BCUT2D eigenvalue weighted by atomic mass is 35.5. The van der Waals surface area contributed by atoms with E-state index in [1.54, 1.807) is 18.2 Å². The smallest absolute Gasteiger partial charge is 0.238 e. The van der Waals surface area contributed by atoms with Crippen LogP contribution in [0.2, 0.25) is 5.02 Å². The first-order chi connectivity index (χ1) is 15.4.